The molecule has 1 aromatic rings. The lowest BCUT2D eigenvalue weighted by atomic mass is 10.1. The topological polar surface area (TPSA) is 73.5 Å². The quantitative estimate of drug-likeness (QED) is 0.618. The molecule has 126 valence electrons. The van der Waals surface area contributed by atoms with Crippen molar-refractivity contribution in [3.05, 3.63) is 35.9 Å². The minimum Gasteiger partial charge on any atom is -0.355 e. The molecule has 3 N–H and O–H groups in total. The molecule has 1 heterocycles. The first-order valence-corrected chi connectivity index (χ1v) is 8.24. The fourth-order valence-electron chi connectivity index (χ4n) is 2.54. The highest BCUT2D eigenvalue weighted by Gasteiger charge is 2.09. The molecule has 0 atom stereocenters. The van der Waals surface area contributed by atoms with Gasteiger partial charge in [0.05, 0.1) is 6.42 Å². The van der Waals surface area contributed by atoms with Crippen LogP contribution in [0, 0.1) is 0 Å². The lowest BCUT2D eigenvalue weighted by Gasteiger charge is -2.27. The number of nitrogens with one attached hydrogen (secondary N) is 3. The Bertz CT molecular complexity index is 487. The molecule has 0 unspecified atom stereocenters. The highest BCUT2D eigenvalue weighted by atomic mass is 16.2. The molecule has 0 saturated carbocycles. The van der Waals surface area contributed by atoms with Crippen LogP contribution in [0.1, 0.15) is 12.0 Å². The van der Waals surface area contributed by atoms with E-state index in [-0.39, 0.29) is 11.8 Å². The first-order chi connectivity index (χ1) is 11.2. The molecule has 0 spiro atoms. The van der Waals surface area contributed by atoms with Crippen molar-refractivity contribution in [2.45, 2.75) is 12.8 Å². The molecule has 23 heavy (non-hydrogen) atoms. The second-order valence-electron chi connectivity index (χ2n) is 5.70. The largest absolute Gasteiger partial charge is 0.355 e. The van der Waals surface area contributed by atoms with Crippen molar-refractivity contribution < 1.29 is 9.59 Å². The molecule has 0 aliphatic carbocycles. The van der Waals surface area contributed by atoms with Gasteiger partial charge in [0.15, 0.2) is 0 Å². The summed E-state index contributed by atoms with van der Waals surface area (Å²) >= 11 is 0. The third-order valence-corrected chi connectivity index (χ3v) is 3.84. The Morgan fingerprint density at radius 2 is 1.70 bits per heavy atom. The van der Waals surface area contributed by atoms with Crippen LogP contribution >= 0.6 is 0 Å². The van der Waals surface area contributed by atoms with E-state index < -0.39 is 0 Å². The third kappa shape index (κ3) is 7.25. The van der Waals surface area contributed by atoms with E-state index in [1.807, 2.05) is 30.3 Å². The maximum absolute atomic E-state index is 11.8. The van der Waals surface area contributed by atoms with Crippen LogP contribution < -0.4 is 16.0 Å². The summed E-state index contributed by atoms with van der Waals surface area (Å²) in [7, 11) is 0. The smallest absolute Gasteiger partial charge is 0.224 e. The van der Waals surface area contributed by atoms with E-state index in [9.17, 15) is 9.59 Å². The molecule has 2 amide bonds. The molecule has 1 aromatic carbocycles. The lowest BCUT2D eigenvalue weighted by molar-refractivity contribution is -0.122. The van der Waals surface area contributed by atoms with Gasteiger partial charge in [0, 0.05) is 52.2 Å². The second-order valence-corrected chi connectivity index (χ2v) is 5.70. The molecule has 1 aliphatic heterocycles. The van der Waals surface area contributed by atoms with Gasteiger partial charge in [0.2, 0.25) is 11.8 Å². The number of hydrogen-bond acceptors (Lipinski definition) is 4. The minimum atomic E-state index is -0.0511. The Morgan fingerprint density at radius 3 is 2.43 bits per heavy atom. The summed E-state index contributed by atoms with van der Waals surface area (Å²) in [4.78, 5) is 25.8. The summed E-state index contributed by atoms with van der Waals surface area (Å²) < 4.78 is 0. The molecule has 0 bridgehead atoms. The van der Waals surface area contributed by atoms with Crippen molar-refractivity contribution >= 4 is 11.8 Å². The average Bonchev–Trinajstić information content (AvgIpc) is 2.57. The van der Waals surface area contributed by atoms with Gasteiger partial charge in [0.25, 0.3) is 0 Å². The summed E-state index contributed by atoms with van der Waals surface area (Å²) in [5, 5.41) is 8.98. The minimum absolute atomic E-state index is 0.0138. The number of rotatable bonds is 8. The zero-order valence-electron chi connectivity index (χ0n) is 13.5. The van der Waals surface area contributed by atoms with Crippen molar-refractivity contribution in [3.63, 3.8) is 0 Å². The Balaban J connectivity index is 1.51. The maximum Gasteiger partial charge on any atom is 0.224 e. The third-order valence-electron chi connectivity index (χ3n) is 3.84. The van der Waals surface area contributed by atoms with Gasteiger partial charge in [-0.25, -0.2) is 0 Å². The van der Waals surface area contributed by atoms with Gasteiger partial charge in [0.1, 0.15) is 0 Å². The van der Waals surface area contributed by atoms with Gasteiger partial charge < -0.3 is 16.0 Å². The Kier molecular flexibility index (Phi) is 7.56. The van der Waals surface area contributed by atoms with Crippen LogP contribution in [0.15, 0.2) is 30.3 Å². The SMILES string of the molecule is O=C(CCNC(=O)Cc1ccccc1)NCCN1CCNCC1. The maximum atomic E-state index is 11.8. The summed E-state index contributed by atoms with van der Waals surface area (Å²) in [5.74, 6) is -0.0648. The molecule has 0 radical (unpaired) electrons. The number of piperazine rings is 1. The molecular weight excluding hydrogens is 292 g/mol. The van der Waals surface area contributed by atoms with Gasteiger partial charge in [-0.1, -0.05) is 30.3 Å². The van der Waals surface area contributed by atoms with Gasteiger partial charge >= 0.3 is 0 Å². The van der Waals surface area contributed by atoms with Crippen molar-refractivity contribution in [1.82, 2.24) is 20.9 Å². The van der Waals surface area contributed by atoms with E-state index in [0.29, 0.717) is 25.9 Å². The normalized spacial score (nSPS) is 15.1. The lowest BCUT2D eigenvalue weighted by Crippen LogP contribution is -2.46. The molecule has 1 fully saturated rings. The fraction of sp³-hybridized carbons (Fsp3) is 0.529. The monoisotopic (exact) mass is 318 g/mol. The Labute approximate surface area is 137 Å². The predicted octanol–water partition coefficient (Wildman–Crippen LogP) is -0.243. The van der Waals surface area contributed by atoms with Crippen molar-refractivity contribution in [1.29, 1.82) is 0 Å². The highest BCUT2D eigenvalue weighted by Crippen LogP contribution is 1.99. The standard InChI is InChI=1S/C17H26N4O2/c22-16(20-10-13-21-11-8-18-9-12-21)6-7-19-17(23)14-15-4-2-1-3-5-15/h1-5,18H,6-14H2,(H,19,23)(H,20,22). The zero-order chi connectivity index (χ0) is 16.3. The van der Waals surface area contributed by atoms with Crippen molar-refractivity contribution in [3.8, 4) is 0 Å². The summed E-state index contributed by atoms with van der Waals surface area (Å²) in [6, 6.07) is 9.58. The second kappa shape index (κ2) is 9.97. The molecule has 6 heteroatoms. The van der Waals surface area contributed by atoms with E-state index >= 15 is 0 Å². The number of carbonyl (C=O) groups is 2. The van der Waals surface area contributed by atoms with Crippen LogP contribution in [0.3, 0.4) is 0 Å². The van der Waals surface area contributed by atoms with Crippen LogP contribution in [0.2, 0.25) is 0 Å². The number of carbonyl (C=O) groups excluding carboxylic acids is 2. The van der Waals surface area contributed by atoms with Crippen molar-refractivity contribution in [2.24, 2.45) is 0 Å². The number of benzene rings is 1. The van der Waals surface area contributed by atoms with Gasteiger partial charge in [-0.15, -0.1) is 0 Å². The van der Waals surface area contributed by atoms with E-state index in [2.05, 4.69) is 20.9 Å². The molecular formula is C17H26N4O2. The van der Waals surface area contributed by atoms with E-state index in [0.717, 1.165) is 38.3 Å². The van der Waals surface area contributed by atoms with E-state index in [1.54, 1.807) is 0 Å². The first-order valence-electron chi connectivity index (χ1n) is 8.24. The highest BCUT2D eigenvalue weighted by molar-refractivity contribution is 5.80. The number of nitrogens with zero attached hydrogens (tertiary/aromatic N) is 1. The Hall–Kier alpha value is -1.92. The molecule has 6 nitrogen and oxygen atoms in total. The Morgan fingerprint density at radius 1 is 1.00 bits per heavy atom. The van der Waals surface area contributed by atoms with Gasteiger partial charge in [-0.05, 0) is 5.56 Å². The summed E-state index contributed by atoms with van der Waals surface area (Å²) in [6.45, 7) is 6.02. The predicted molar refractivity (Wildman–Crippen MR) is 90.1 cm³/mol. The fourth-order valence-corrected chi connectivity index (χ4v) is 2.54. The first kappa shape index (κ1) is 17.4. The molecule has 1 aliphatic rings. The van der Waals surface area contributed by atoms with Crippen molar-refractivity contribution in [2.75, 3.05) is 45.8 Å². The summed E-state index contributed by atoms with van der Waals surface area (Å²) in [5.41, 5.74) is 0.977. The molecule has 1 saturated heterocycles. The van der Waals surface area contributed by atoms with Crippen LogP contribution in [0.5, 0.6) is 0 Å². The van der Waals surface area contributed by atoms with Crippen LogP contribution in [0.4, 0.5) is 0 Å². The zero-order valence-corrected chi connectivity index (χ0v) is 13.5. The average molecular weight is 318 g/mol. The number of hydrogen-bond donors (Lipinski definition) is 3. The van der Waals surface area contributed by atoms with Gasteiger partial charge in [-0.3, -0.25) is 14.5 Å². The molecule has 2 rings (SSSR count). The van der Waals surface area contributed by atoms with E-state index in [4.69, 9.17) is 0 Å². The van der Waals surface area contributed by atoms with Crippen LogP contribution in [0.25, 0.3) is 0 Å². The van der Waals surface area contributed by atoms with Crippen LogP contribution in [-0.4, -0.2) is 62.5 Å². The number of amides is 2. The molecule has 0 aromatic heterocycles. The summed E-state index contributed by atoms with van der Waals surface area (Å²) in [6.07, 6.45) is 0.674. The van der Waals surface area contributed by atoms with Gasteiger partial charge in [-0.2, -0.15) is 0 Å². The van der Waals surface area contributed by atoms with E-state index in [1.165, 1.54) is 0 Å². The van der Waals surface area contributed by atoms with Crippen LogP contribution in [-0.2, 0) is 16.0 Å².